The highest BCUT2D eigenvalue weighted by Crippen LogP contribution is 2.32. The minimum Gasteiger partial charge on any atom is -0.459 e. The number of benzene rings is 1. The van der Waals surface area contributed by atoms with E-state index in [1.54, 1.807) is 0 Å². The third-order valence-corrected chi connectivity index (χ3v) is 5.59. The Kier molecular flexibility index (Phi) is 4.41. The largest absolute Gasteiger partial charge is 0.459 e. The van der Waals surface area contributed by atoms with Crippen LogP contribution in [0, 0.1) is 11.8 Å². The number of furan rings is 1. The zero-order valence-electron chi connectivity index (χ0n) is 13.0. The lowest BCUT2D eigenvalue weighted by Crippen LogP contribution is -2.41. The van der Waals surface area contributed by atoms with Crippen LogP contribution in [0.5, 0.6) is 0 Å². The van der Waals surface area contributed by atoms with Crippen molar-refractivity contribution in [3.8, 4) is 0 Å². The molecule has 0 saturated heterocycles. The third-order valence-electron chi connectivity index (χ3n) is 5.10. The van der Waals surface area contributed by atoms with Crippen molar-refractivity contribution in [2.24, 2.45) is 11.8 Å². The predicted octanol–water partition coefficient (Wildman–Crippen LogP) is 5.67. The van der Waals surface area contributed by atoms with Gasteiger partial charge in [0.05, 0.1) is 6.04 Å². The summed E-state index contributed by atoms with van der Waals surface area (Å²) in [5, 5.41) is 4.95. The molecule has 1 fully saturated rings. The van der Waals surface area contributed by atoms with Crippen molar-refractivity contribution >= 4 is 26.9 Å². The summed E-state index contributed by atoms with van der Waals surface area (Å²) in [5.74, 6) is 2.59. The van der Waals surface area contributed by atoms with Crippen LogP contribution in [-0.2, 0) is 0 Å². The Labute approximate surface area is 135 Å². The molecule has 4 unspecified atom stereocenters. The maximum atomic E-state index is 6.01. The van der Waals surface area contributed by atoms with Crippen molar-refractivity contribution in [3.63, 3.8) is 0 Å². The molecule has 3 heteroatoms. The smallest absolute Gasteiger partial charge is 0.134 e. The molecule has 1 aliphatic carbocycles. The summed E-state index contributed by atoms with van der Waals surface area (Å²) >= 11 is 3.52. The SMILES string of the molecule is CC(NC1CCCC(C)C1C)c1cc2cc(Br)ccc2o1. The molecule has 0 radical (unpaired) electrons. The van der Waals surface area contributed by atoms with Crippen molar-refractivity contribution < 1.29 is 4.42 Å². The van der Waals surface area contributed by atoms with Gasteiger partial charge in [-0.05, 0) is 49.4 Å². The number of rotatable bonds is 3. The molecule has 4 atom stereocenters. The van der Waals surface area contributed by atoms with Gasteiger partial charge in [-0.1, -0.05) is 42.6 Å². The molecule has 114 valence electrons. The fourth-order valence-electron chi connectivity index (χ4n) is 3.47. The topological polar surface area (TPSA) is 25.2 Å². The molecule has 0 aliphatic heterocycles. The van der Waals surface area contributed by atoms with Crippen LogP contribution in [0.25, 0.3) is 11.0 Å². The molecule has 1 aliphatic rings. The van der Waals surface area contributed by atoms with Gasteiger partial charge in [0, 0.05) is 15.9 Å². The Morgan fingerprint density at radius 3 is 2.86 bits per heavy atom. The lowest BCUT2D eigenvalue weighted by molar-refractivity contribution is 0.192. The fourth-order valence-corrected chi connectivity index (χ4v) is 3.85. The molecule has 1 aromatic carbocycles. The first-order valence-corrected chi connectivity index (χ1v) is 8.79. The van der Waals surface area contributed by atoms with Crippen LogP contribution < -0.4 is 5.32 Å². The maximum Gasteiger partial charge on any atom is 0.134 e. The van der Waals surface area contributed by atoms with E-state index in [2.05, 4.69) is 54.2 Å². The van der Waals surface area contributed by atoms with Crippen LogP contribution >= 0.6 is 15.9 Å². The number of hydrogen-bond acceptors (Lipinski definition) is 2. The van der Waals surface area contributed by atoms with Crippen molar-refractivity contribution in [2.75, 3.05) is 0 Å². The van der Waals surface area contributed by atoms with Crippen LogP contribution in [0.4, 0.5) is 0 Å². The monoisotopic (exact) mass is 349 g/mol. The van der Waals surface area contributed by atoms with Crippen molar-refractivity contribution in [1.82, 2.24) is 5.32 Å². The summed E-state index contributed by atoms with van der Waals surface area (Å²) in [6, 6.07) is 9.19. The Morgan fingerprint density at radius 1 is 1.24 bits per heavy atom. The summed E-state index contributed by atoms with van der Waals surface area (Å²) in [6.45, 7) is 6.96. The molecule has 3 rings (SSSR count). The van der Waals surface area contributed by atoms with Crippen LogP contribution in [-0.4, -0.2) is 6.04 Å². The summed E-state index contributed by atoms with van der Waals surface area (Å²) in [5.41, 5.74) is 0.965. The first kappa shape index (κ1) is 15.1. The van der Waals surface area contributed by atoms with Crippen molar-refractivity contribution in [1.29, 1.82) is 0 Å². The zero-order valence-corrected chi connectivity index (χ0v) is 14.6. The van der Waals surface area contributed by atoms with Gasteiger partial charge in [-0.25, -0.2) is 0 Å². The molecule has 0 amide bonds. The highest BCUT2D eigenvalue weighted by molar-refractivity contribution is 9.10. The maximum absolute atomic E-state index is 6.01. The molecule has 1 N–H and O–H groups in total. The molecule has 2 nitrogen and oxygen atoms in total. The standard InChI is InChI=1S/C18H24BrNO/c1-11-5-4-6-16(12(11)2)20-13(3)18-10-14-9-15(19)7-8-17(14)21-18/h7-13,16,20H,4-6H2,1-3H3. The number of hydrogen-bond donors (Lipinski definition) is 1. The Hall–Kier alpha value is -0.800. The zero-order chi connectivity index (χ0) is 15.0. The average molecular weight is 350 g/mol. The van der Waals surface area contributed by atoms with Gasteiger partial charge in [-0.15, -0.1) is 0 Å². The summed E-state index contributed by atoms with van der Waals surface area (Å²) in [4.78, 5) is 0. The van der Waals surface area contributed by atoms with E-state index in [0.29, 0.717) is 6.04 Å². The van der Waals surface area contributed by atoms with E-state index in [9.17, 15) is 0 Å². The van der Waals surface area contributed by atoms with E-state index in [4.69, 9.17) is 4.42 Å². The molecular formula is C18H24BrNO. The van der Waals surface area contributed by atoms with Gasteiger partial charge in [-0.2, -0.15) is 0 Å². The average Bonchev–Trinajstić information content (AvgIpc) is 2.87. The van der Waals surface area contributed by atoms with Gasteiger partial charge in [0.1, 0.15) is 11.3 Å². The second-order valence-electron chi connectivity index (χ2n) is 6.59. The number of nitrogens with one attached hydrogen (secondary N) is 1. The van der Waals surface area contributed by atoms with Crippen molar-refractivity contribution in [2.45, 2.75) is 52.1 Å². The van der Waals surface area contributed by atoms with Gasteiger partial charge in [0.2, 0.25) is 0 Å². The van der Waals surface area contributed by atoms with E-state index in [1.165, 1.54) is 19.3 Å². The van der Waals surface area contributed by atoms with Gasteiger partial charge in [-0.3, -0.25) is 0 Å². The van der Waals surface area contributed by atoms with Gasteiger partial charge in [0.25, 0.3) is 0 Å². The third kappa shape index (κ3) is 3.19. The molecular weight excluding hydrogens is 326 g/mol. The van der Waals surface area contributed by atoms with Crippen LogP contribution in [0.1, 0.15) is 51.8 Å². The van der Waals surface area contributed by atoms with Gasteiger partial charge < -0.3 is 9.73 Å². The highest BCUT2D eigenvalue weighted by Gasteiger charge is 2.28. The lowest BCUT2D eigenvalue weighted by Gasteiger charge is -2.36. The fraction of sp³-hybridized carbons (Fsp3) is 0.556. The van der Waals surface area contributed by atoms with E-state index in [1.807, 2.05) is 12.1 Å². The van der Waals surface area contributed by atoms with Crippen LogP contribution in [0.2, 0.25) is 0 Å². The van der Waals surface area contributed by atoms with Gasteiger partial charge >= 0.3 is 0 Å². The second kappa shape index (κ2) is 6.13. The number of halogens is 1. The molecule has 0 spiro atoms. The first-order chi connectivity index (χ1) is 10.0. The molecule has 2 aromatic rings. The quantitative estimate of drug-likeness (QED) is 0.771. The highest BCUT2D eigenvalue weighted by atomic mass is 79.9. The minimum atomic E-state index is 0.258. The molecule has 0 bridgehead atoms. The molecule has 21 heavy (non-hydrogen) atoms. The van der Waals surface area contributed by atoms with E-state index in [-0.39, 0.29) is 6.04 Å². The van der Waals surface area contributed by atoms with E-state index < -0.39 is 0 Å². The van der Waals surface area contributed by atoms with E-state index >= 15 is 0 Å². The normalized spacial score (nSPS) is 27.9. The Balaban J connectivity index is 1.75. The Morgan fingerprint density at radius 2 is 2.05 bits per heavy atom. The second-order valence-corrected chi connectivity index (χ2v) is 7.51. The van der Waals surface area contributed by atoms with E-state index in [0.717, 1.165) is 33.0 Å². The lowest BCUT2D eigenvalue weighted by atomic mass is 9.78. The van der Waals surface area contributed by atoms with Gasteiger partial charge in [0.15, 0.2) is 0 Å². The Bertz CT molecular complexity index is 621. The molecule has 1 heterocycles. The minimum absolute atomic E-state index is 0.258. The van der Waals surface area contributed by atoms with Crippen LogP contribution in [0.15, 0.2) is 33.2 Å². The first-order valence-electron chi connectivity index (χ1n) is 7.99. The summed E-state index contributed by atoms with van der Waals surface area (Å²) in [7, 11) is 0. The number of fused-ring (bicyclic) bond motifs is 1. The predicted molar refractivity (Wildman–Crippen MR) is 91.4 cm³/mol. The summed E-state index contributed by atoms with van der Waals surface area (Å²) in [6.07, 6.45) is 3.98. The summed E-state index contributed by atoms with van der Waals surface area (Å²) < 4.78 is 7.10. The van der Waals surface area contributed by atoms with Crippen LogP contribution in [0.3, 0.4) is 0 Å². The van der Waals surface area contributed by atoms with Crippen molar-refractivity contribution in [3.05, 3.63) is 34.5 Å². The molecule has 1 aromatic heterocycles. The molecule has 1 saturated carbocycles.